The molecule has 210 valence electrons. The van der Waals surface area contributed by atoms with Crippen molar-refractivity contribution in [2.24, 2.45) is 0 Å². The number of amides is 3. The average molecular weight is 553 g/mol. The Kier molecular flexibility index (Phi) is 8.73. The van der Waals surface area contributed by atoms with E-state index in [1.807, 2.05) is 4.57 Å². The Hall–Kier alpha value is -4.38. The Balaban J connectivity index is 1.47. The topological polar surface area (TPSA) is 91.3 Å². The Bertz CT molecular complexity index is 1490. The molecule has 2 heterocycles. The number of anilines is 2. The van der Waals surface area contributed by atoms with Gasteiger partial charge in [-0.1, -0.05) is 19.9 Å². The van der Waals surface area contributed by atoms with Crippen molar-refractivity contribution in [3.8, 4) is 5.69 Å². The van der Waals surface area contributed by atoms with Gasteiger partial charge in [-0.05, 0) is 68.0 Å². The minimum atomic E-state index is -4.52. The van der Waals surface area contributed by atoms with Gasteiger partial charge in [0, 0.05) is 47.9 Å². The van der Waals surface area contributed by atoms with Crippen LogP contribution in [0.4, 0.5) is 29.3 Å². The SMILES string of the molecule is CCN(CC)CCNC(=O)c1cn(-c2ccc(NC(=O)Nc3ccc(C)c(C(F)(F)F)c3)cc2)c2cnccc12. The highest BCUT2D eigenvalue weighted by atomic mass is 19.4. The number of hydrogen-bond acceptors (Lipinski definition) is 4. The summed E-state index contributed by atoms with van der Waals surface area (Å²) in [5, 5.41) is 8.81. The predicted molar refractivity (Wildman–Crippen MR) is 150 cm³/mol. The molecule has 0 aliphatic rings. The third kappa shape index (κ3) is 6.60. The zero-order valence-electron chi connectivity index (χ0n) is 22.5. The van der Waals surface area contributed by atoms with Gasteiger partial charge in [0.2, 0.25) is 0 Å². The zero-order valence-corrected chi connectivity index (χ0v) is 22.5. The van der Waals surface area contributed by atoms with Crippen LogP contribution in [-0.4, -0.2) is 52.6 Å². The summed E-state index contributed by atoms with van der Waals surface area (Å²) in [4.78, 5) is 31.9. The smallest absolute Gasteiger partial charge is 0.351 e. The fraction of sp³-hybridized carbons (Fsp3) is 0.276. The lowest BCUT2D eigenvalue weighted by molar-refractivity contribution is -0.138. The van der Waals surface area contributed by atoms with E-state index in [9.17, 15) is 22.8 Å². The number of benzene rings is 2. The molecule has 40 heavy (non-hydrogen) atoms. The molecule has 0 aliphatic heterocycles. The van der Waals surface area contributed by atoms with Gasteiger partial charge in [0.15, 0.2) is 0 Å². The Morgan fingerprint density at radius 3 is 2.33 bits per heavy atom. The van der Waals surface area contributed by atoms with Crippen molar-refractivity contribution in [3.63, 3.8) is 0 Å². The van der Waals surface area contributed by atoms with E-state index in [2.05, 4.69) is 39.7 Å². The van der Waals surface area contributed by atoms with Crippen molar-refractivity contribution in [3.05, 3.63) is 83.8 Å². The molecule has 2 aromatic heterocycles. The number of pyridine rings is 1. The van der Waals surface area contributed by atoms with Gasteiger partial charge in [-0.2, -0.15) is 13.2 Å². The Morgan fingerprint density at radius 2 is 1.65 bits per heavy atom. The number of hydrogen-bond donors (Lipinski definition) is 3. The highest BCUT2D eigenvalue weighted by Crippen LogP contribution is 2.33. The Morgan fingerprint density at radius 1 is 0.975 bits per heavy atom. The van der Waals surface area contributed by atoms with Crippen LogP contribution in [0.15, 0.2) is 67.1 Å². The van der Waals surface area contributed by atoms with Gasteiger partial charge in [-0.3, -0.25) is 9.78 Å². The second-order valence-electron chi connectivity index (χ2n) is 9.24. The summed E-state index contributed by atoms with van der Waals surface area (Å²) in [6.45, 7) is 8.63. The molecule has 0 fully saturated rings. The number of alkyl halides is 3. The minimum absolute atomic E-state index is 0.0289. The molecule has 4 aromatic rings. The fourth-order valence-electron chi connectivity index (χ4n) is 4.44. The summed E-state index contributed by atoms with van der Waals surface area (Å²) in [7, 11) is 0. The first-order valence-corrected chi connectivity index (χ1v) is 12.9. The largest absolute Gasteiger partial charge is 0.416 e. The lowest BCUT2D eigenvalue weighted by Crippen LogP contribution is -2.34. The molecule has 2 aromatic carbocycles. The normalized spacial score (nSPS) is 11.6. The van der Waals surface area contributed by atoms with Gasteiger partial charge < -0.3 is 25.4 Å². The van der Waals surface area contributed by atoms with Crippen LogP contribution in [0, 0.1) is 6.92 Å². The minimum Gasteiger partial charge on any atom is -0.351 e. The standard InChI is InChI=1S/C29H31F3N6O2/c1-4-37(5-2)15-14-34-27(39)24-18-38(26-17-33-13-12-23(24)26)22-10-8-20(9-11-22)35-28(40)36-21-7-6-19(3)25(16-21)29(30,31)32/h6-13,16-18H,4-5,14-15H2,1-3H3,(H,34,39)(H2,35,36,40). The first kappa shape index (κ1) is 28.6. The maximum Gasteiger partial charge on any atom is 0.416 e. The number of urea groups is 1. The molecule has 0 spiro atoms. The van der Waals surface area contributed by atoms with Crippen LogP contribution in [0.1, 0.15) is 35.3 Å². The average Bonchev–Trinajstić information content (AvgIpc) is 3.32. The molecule has 0 saturated heterocycles. The van der Waals surface area contributed by atoms with Gasteiger partial charge in [-0.25, -0.2) is 4.79 Å². The van der Waals surface area contributed by atoms with Crippen molar-refractivity contribution >= 4 is 34.2 Å². The predicted octanol–water partition coefficient (Wildman–Crippen LogP) is 6.07. The van der Waals surface area contributed by atoms with E-state index in [1.165, 1.54) is 19.1 Å². The molecular weight excluding hydrogens is 521 g/mol. The third-order valence-electron chi connectivity index (χ3n) is 6.66. The number of aryl methyl sites for hydroxylation is 1. The highest BCUT2D eigenvalue weighted by molar-refractivity contribution is 6.07. The van der Waals surface area contributed by atoms with E-state index in [0.29, 0.717) is 17.8 Å². The third-order valence-corrected chi connectivity index (χ3v) is 6.66. The fourth-order valence-corrected chi connectivity index (χ4v) is 4.44. The lowest BCUT2D eigenvalue weighted by atomic mass is 10.1. The summed E-state index contributed by atoms with van der Waals surface area (Å²) in [6.07, 6.45) is 0.553. The van der Waals surface area contributed by atoms with E-state index >= 15 is 0 Å². The number of carbonyl (C=O) groups is 2. The molecule has 0 unspecified atom stereocenters. The number of nitrogens with zero attached hydrogens (tertiary/aromatic N) is 3. The second-order valence-corrected chi connectivity index (χ2v) is 9.24. The number of aromatic nitrogens is 2. The summed E-state index contributed by atoms with van der Waals surface area (Å²) in [5.74, 6) is -0.179. The van der Waals surface area contributed by atoms with E-state index in [0.717, 1.165) is 42.3 Å². The van der Waals surface area contributed by atoms with Crippen LogP contribution in [0.5, 0.6) is 0 Å². The molecule has 0 bridgehead atoms. The van der Waals surface area contributed by atoms with Crippen molar-refractivity contribution in [1.82, 2.24) is 19.8 Å². The maximum atomic E-state index is 13.2. The monoisotopic (exact) mass is 552 g/mol. The quantitative estimate of drug-likeness (QED) is 0.235. The molecule has 3 N–H and O–H groups in total. The number of rotatable bonds is 9. The number of nitrogens with one attached hydrogen (secondary N) is 3. The van der Waals surface area contributed by atoms with Crippen LogP contribution in [0.25, 0.3) is 16.6 Å². The Labute approximate surface area is 230 Å². The maximum absolute atomic E-state index is 13.2. The van der Waals surface area contributed by atoms with Crippen LogP contribution < -0.4 is 16.0 Å². The zero-order chi connectivity index (χ0) is 28.9. The first-order chi connectivity index (χ1) is 19.1. The van der Waals surface area contributed by atoms with Crippen molar-refractivity contribution in [2.45, 2.75) is 26.9 Å². The molecule has 3 amide bonds. The van der Waals surface area contributed by atoms with E-state index in [4.69, 9.17) is 0 Å². The molecule has 0 radical (unpaired) electrons. The first-order valence-electron chi connectivity index (χ1n) is 12.9. The van der Waals surface area contributed by atoms with Gasteiger partial charge in [0.1, 0.15) is 0 Å². The van der Waals surface area contributed by atoms with E-state index in [1.54, 1.807) is 48.9 Å². The number of fused-ring (bicyclic) bond motifs is 1. The second kappa shape index (κ2) is 12.2. The summed E-state index contributed by atoms with van der Waals surface area (Å²) in [5.41, 5.74) is 1.74. The molecule has 0 atom stereocenters. The van der Waals surface area contributed by atoms with Crippen molar-refractivity contribution < 1.29 is 22.8 Å². The molecule has 0 aliphatic carbocycles. The van der Waals surface area contributed by atoms with Gasteiger partial charge in [0.25, 0.3) is 5.91 Å². The summed E-state index contributed by atoms with van der Waals surface area (Å²) < 4.78 is 41.4. The molecule has 11 heteroatoms. The summed E-state index contributed by atoms with van der Waals surface area (Å²) in [6, 6.07) is 11.6. The molecule has 4 rings (SSSR count). The van der Waals surface area contributed by atoms with E-state index < -0.39 is 17.8 Å². The van der Waals surface area contributed by atoms with Crippen LogP contribution in [0.3, 0.4) is 0 Å². The number of carbonyl (C=O) groups excluding carboxylic acids is 2. The van der Waals surface area contributed by atoms with Gasteiger partial charge in [-0.15, -0.1) is 0 Å². The number of likely N-dealkylation sites (N-methyl/N-ethyl adjacent to an activating group) is 1. The van der Waals surface area contributed by atoms with Crippen LogP contribution in [0.2, 0.25) is 0 Å². The molecular formula is C29H31F3N6O2. The molecule has 0 saturated carbocycles. The van der Waals surface area contributed by atoms with Gasteiger partial charge in [0.05, 0.1) is 22.8 Å². The van der Waals surface area contributed by atoms with E-state index in [-0.39, 0.29) is 17.2 Å². The van der Waals surface area contributed by atoms with Crippen molar-refractivity contribution in [2.75, 3.05) is 36.8 Å². The van der Waals surface area contributed by atoms with Crippen molar-refractivity contribution in [1.29, 1.82) is 0 Å². The van der Waals surface area contributed by atoms with Crippen LogP contribution in [-0.2, 0) is 6.18 Å². The number of halogens is 3. The van der Waals surface area contributed by atoms with Crippen LogP contribution >= 0.6 is 0 Å². The molecule has 8 nitrogen and oxygen atoms in total. The van der Waals surface area contributed by atoms with Gasteiger partial charge >= 0.3 is 12.2 Å². The lowest BCUT2D eigenvalue weighted by Gasteiger charge is -2.17. The summed E-state index contributed by atoms with van der Waals surface area (Å²) >= 11 is 0. The highest BCUT2D eigenvalue weighted by Gasteiger charge is 2.32.